The summed E-state index contributed by atoms with van der Waals surface area (Å²) >= 11 is 0. The highest BCUT2D eigenvalue weighted by Crippen LogP contribution is 1.99. The molecule has 0 atom stereocenters. The van der Waals surface area contributed by atoms with Gasteiger partial charge in [0.2, 0.25) is 0 Å². The van der Waals surface area contributed by atoms with E-state index in [0.29, 0.717) is 18.7 Å². The van der Waals surface area contributed by atoms with Crippen LogP contribution in [0.15, 0.2) is 24.9 Å². The van der Waals surface area contributed by atoms with E-state index in [-0.39, 0.29) is 6.42 Å². The molecule has 0 unspecified atom stereocenters. The minimum atomic E-state index is -0.821. The normalized spacial score (nSPS) is 10.6. The van der Waals surface area contributed by atoms with E-state index >= 15 is 0 Å². The van der Waals surface area contributed by atoms with Crippen molar-refractivity contribution in [3.05, 3.63) is 30.6 Å². The Bertz CT molecular complexity index is 477. The maximum Gasteiger partial charge on any atom is 0.303 e. The van der Waals surface area contributed by atoms with Crippen molar-refractivity contribution in [3.63, 3.8) is 0 Å². The zero-order chi connectivity index (χ0) is 12.1. The largest absolute Gasteiger partial charge is 0.481 e. The molecule has 2 aromatic heterocycles. The number of hydrogen-bond donors (Lipinski definition) is 1. The lowest BCUT2D eigenvalue weighted by atomic mass is 10.2. The van der Waals surface area contributed by atoms with Crippen molar-refractivity contribution in [3.8, 4) is 0 Å². The summed E-state index contributed by atoms with van der Waals surface area (Å²) in [6.45, 7) is 1.46. The summed E-state index contributed by atoms with van der Waals surface area (Å²) in [5.74, 6) is -0.821. The van der Waals surface area contributed by atoms with Crippen molar-refractivity contribution in [1.82, 2.24) is 24.5 Å². The Kier molecular flexibility index (Phi) is 3.49. The molecule has 0 radical (unpaired) electrons. The van der Waals surface area contributed by atoms with Gasteiger partial charge in [0.1, 0.15) is 0 Å². The van der Waals surface area contributed by atoms with Crippen LogP contribution in [0.5, 0.6) is 0 Å². The third-order valence-electron chi connectivity index (χ3n) is 2.33. The molecule has 0 aliphatic rings. The predicted octanol–water partition coefficient (Wildman–Crippen LogP) is 0.192. The highest BCUT2D eigenvalue weighted by Gasteiger charge is 2.03. The van der Waals surface area contributed by atoms with Crippen molar-refractivity contribution >= 4 is 5.97 Å². The lowest BCUT2D eigenvalue weighted by molar-refractivity contribution is -0.136. The predicted molar refractivity (Wildman–Crippen MR) is 58.2 cm³/mol. The number of imidazole rings is 1. The van der Waals surface area contributed by atoms with E-state index < -0.39 is 5.97 Å². The van der Waals surface area contributed by atoms with Crippen molar-refractivity contribution in [2.24, 2.45) is 0 Å². The van der Waals surface area contributed by atoms with Crippen LogP contribution in [0.2, 0.25) is 0 Å². The van der Waals surface area contributed by atoms with Crippen LogP contribution >= 0.6 is 0 Å². The summed E-state index contributed by atoms with van der Waals surface area (Å²) in [4.78, 5) is 14.3. The minimum absolute atomic E-state index is 0.0835. The number of aromatic nitrogens is 5. The van der Waals surface area contributed by atoms with Gasteiger partial charge in [0.15, 0.2) is 0 Å². The lowest BCUT2D eigenvalue weighted by Crippen LogP contribution is -2.06. The van der Waals surface area contributed by atoms with Crippen LogP contribution in [0.25, 0.3) is 0 Å². The molecule has 2 rings (SSSR count). The average molecular weight is 235 g/mol. The third kappa shape index (κ3) is 3.40. The fourth-order valence-corrected chi connectivity index (χ4v) is 1.43. The van der Waals surface area contributed by atoms with E-state index in [1.54, 1.807) is 23.4 Å². The maximum atomic E-state index is 10.4. The Morgan fingerprint density at radius 3 is 3.00 bits per heavy atom. The van der Waals surface area contributed by atoms with Gasteiger partial charge >= 0.3 is 5.97 Å². The van der Waals surface area contributed by atoms with Crippen LogP contribution in [-0.2, 0) is 24.3 Å². The number of nitrogens with zero attached hydrogens (tertiary/aromatic N) is 5. The second kappa shape index (κ2) is 5.24. The fourth-order valence-electron chi connectivity index (χ4n) is 1.43. The lowest BCUT2D eigenvalue weighted by Gasteiger charge is -2.00. The number of carboxylic acid groups (broad SMARTS) is 1. The molecule has 0 bridgehead atoms. The molecule has 90 valence electrons. The molecular weight excluding hydrogens is 222 g/mol. The van der Waals surface area contributed by atoms with Crippen molar-refractivity contribution in [2.45, 2.75) is 25.9 Å². The van der Waals surface area contributed by atoms with Gasteiger partial charge < -0.3 is 9.67 Å². The molecular formula is C10H13N5O2. The quantitative estimate of drug-likeness (QED) is 0.772. The number of rotatable bonds is 6. The van der Waals surface area contributed by atoms with Gasteiger partial charge in [-0.05, 0) is 0 Å². The van der Waals surface area contributed by atoms with Crippen LogP contribution in [0.4, 0.5) is 0 Å². The van der Waals surface area contributed by atoms with Crippen LogP contribution in [0, 0.1) is 0 Å². The van der Waals surface area contributed by atoms with Crippen LogP contribution in [0.1, 0.15) is 12.1 Å². The highest BCUT2D eigenvalue weighted by atomic mass is 16.4. The van der Waals surface area contributed by atoms with Crippen molar-refractivity contribution < 1.29 is 9.90 Å². The molecule has 7 heteroatoms. The van der Waals surface area contributed by atoms with E-state index in [9.17, 15) is 4.79 Å². The van der Waals surface area contributed by atoms with Gasteiger partial charge in [-0.1, -0.05) is 5.21 Å². The van der Waals surface area contributed by atoms with Gasteiger partial charge in [-0.3, -0.25) is 9.48 Å². The molecule has 0 saturated heterocycles. The molecule has 0 aromatic carbocycles. The first kappa shape index (κ1) is 11.3. The molecule has 2 aromatic rings. The molecule has 2 heterocycles. The summed E-state index contributed by atoms with van der Waals surface area (Å²) in [5.41, 5.74) is 0.707. The highest BCUT2D eigenvalue weighted by molar-refractivity contribution is 5.66. The number of aliphatic carboxylic acids is 1. The van der Waals surface area contributed by atoms with Crippen molar-refractivity contribution in [2.75, 3.05) is 0 Å². The Hall–Kier alpha value is -2.18. The van der Waals surface area contributed by atoms with Crippen molar-refractivity contribution in [1.29, 1.82) is 0 Å². The maximum absolute atomic E-state index is 10.4. The Labute approximate surface area is 97.7 Å². The smallest absolute Gasteiger partial charge is 0.303 e. The molecule has 0 aliphatic carbocycles. The topological polar surface area (TPSA) is 85.8 Å². The van der Waals surface area contributed by atoms with Gasteiger partial charge in [0.25, 0.3) is 0 Å². The average Bonchev–Trinajstić information content (AvgIpc) is 2.95. The van der Waals surface area contributed by atoms with Crippen LogP contribution in [0.3, 0.4) is 0 Å². The molecule has 17 heavy (non-hydrogen) atoms. The van der Waals surface area contributed by atoms with Gasteiger partial charge in [0.05, 0.1) is 25.0 Å². The Balaban J connectivity index is 1.83. The molecule has 0 spiro atoms. The monoisotopic (exact) mass is 235 g/mol. The molecule has 7 nitrogen and oxygen atoms in total. The van der Waals surface area contributed by atoms with Gasteiger partial charge in [0, 0.05) is 31.6 Å². The first-order chi connectivity index (χ1) is 8.24. The van der Waals surface area contributed by atoms with E-state index in [1.807, 2.05) is 10.8 Å². The van der Waals surface area contributed by atoms with E-state index in [1.165, 1.54) is 0 Å². The first-order valence-electron chi connectivity index (χ1n) is 5.30. The molecule has 0 aliphatic heterocycles. The fraction of sp³-hybridized carbons (Fsp3) is 0.400. The summed E-state index contributed by atoms with van der Waals surface area (Å²) in [7, 11) is 0. The summed E-state index contributed by atoms with van der Waals surface area (Å²) < 4.78 is 3.65. The van der Waals surface area contributed by atoms with E-state index in [2.05, 4.69) is 15.3 Å². The van der Waals surface area contributed by atoms with Gasteiger partial charge in [-0.25, -0.2) is 4.98 Å². The van der Waals surface area contributed by atoms with E-state index in [4.69, 9.17) is 5.11 Å². The summed E-state index contributed by atoms with van der Waals surface area (Å²) in [6.07, 6.45) is 7.62. The minimum Gasteiger partial charge on any atom is -0.481 e. The molecule has 0 saturated carbocycles. The number of hydrogen-bond acceptors (Lipinski definition) is 4. The van der Waals surface area contributed by atoms with E-state index in [0.717, 1.165) is 6.54 Å². The molecule has 1 N–H and O–H groups in total. The van der Waals surface area contributed by atoms with Crippen LogP contribution < -0.4 is 0 Å². The van der Waals surface area contributed by atoms with Gasteiger partial charge in [-0.15, -0.1) is 5.10 Å². The summed E-state index contributed by atoms with van der Waals surface area (Å²) in [6, 6.07) is 0. The first-order valence-corrected chi connectivity index (χ1v) is 5.30. The standard InChI is InChI=1S/C10H13N5O2/c16-10(17)2-1-9-7-15(13-12-9)6-5-14-4-3-11-8-14/h3-4,7-8H,1-2,5-6H2,(H,16,17). The number of carbonyl (C=O) groups is 1. The number of carboxylic acids is 1. The SMILES string of the molecule is O=C(O)CCc1cn(CCn2ccnc2)nn1. The molecule has 0 fully saturated rings. The second-order valence-corrected chi connectivity index (χ2v) is 3.67. The third-order valence-corrected chi connectivity index (χ3v) is 2.33. The van der Waals surface area contributed by atoms with Crippen LogP contribution in [-0.4, -0.2) is 35.6 Å². The second-order valence-electron chi connectivity index (χ2n) is 3.67. The Morgan fingerprint density at radius 2 is 2.29 bits per heavy atom. The zero-order valence-electron chi connectivity index (χ0n) is 9.23. The number of aryl methyl sites for hydroxylation is 3. The summed E-state index contributed by atoms with van der Waals surface area (Å²) in [5, 5.41) is 16.4. The Morgan fingerprint density at radius 1 is 1.41 bits per heavy atom. The zero-order valence-corrected chi connectivity index (χ0v) is 9.23. The molecule has 0 amide bonds. The van der Waals surface area contributed by atoms with Gasteiger partial charge in [-0.2, -0.15) is 0 Å².